The van der Waals surface area contributed by atoms with Crippen LogP contribution in [0.25, 0.3) is 0 Å². The number of allylic oxidation sites excluding steroid dienone is 5. The van der Waals surface area contributed by atoms with E-state index < -0.39 is 0 Å². The molecular weight excluding hydrogens is 170 g/mol. The molecule has 0 aromatic carbocycles. The zero-order valence-corrected chi connectivity index (χ0v) is 9.17. The van der Waals surface area contributed by atoms with Gasteiger partial charge >= 0.3 is 0 Å². The molecule has 74 valence electrons. The molecule has 1 aliphatic carbocycles. The minimum absolute atomic E-state index is 0.115. The standard InChI is InChI=1S/C13H17N/c1-6-14-12-9-7-8-11(10(12)2)13(3,4)5/h6-9H,1-2H2,3-5H3/b14-12-. The Labute approximate surface area is 86.2 Å². The highest BCUT2D eigenvalue weighted by atomic mass is 14.7. The number of nitrogens with zero attached hydrogens (tertiary/aromatic N) is 1. The molecule has 1 aliphatic rings. The summed E-state index contributed by atoms with van der Waals surface area (Å²) in [5.74, 6) is 0. The summed E-state index contributed by atoms with van der Waals surface area (Å²) in [5, 5.41) is 0. The van der Waals surface area contributed by atoms with E-state index in [1.807, 2.05) is 12.2 Å². The fourth-order valence-corrected chi connectivity index (χ4v) is 1.50. The Morgan fingerprint density at radius 3 is 2.50 bits per heavy atom. The third kappa shape index (κ3) is 2.11. The summed E-state index contributed by atoms with van der Waals surface area (Å²) in [6.07, 6.45) is 7.62. The highest BCUT2D eigenvalue weighted by molar-refractivity contribution is 6.12. The van der Waals surface area contributed by atoms with Gasteiger partial charge in [0.2, 0.25) is 0 Å². The predicted octanol–water partition coefficient (Wildman–Crippen LogP) is 3.67. The van der Waals surface area contributed by atoms with E-state index >= 15 is 0 Å². The lowest BCUT2D eigenvalue weighted by Gasteiger charge is -2.26. The molecular formula is C13H17N. The highest BCUT2D eigenvalue weighted by Crippen LogP contribution is 2.33. The molecule has 0 amide bonds. The van der Waals surface area contributed by atoms with E-state index in [1.54, 1.807) is 6.20 Å². The van der Waals surface area contributed by atoms with E-state index in [9.17, 15) is 0 Å². The molecule has 0 heterocycles. The average Bonchev–Trinajstić information content (AvgIpc) is 2.07. The molecule has 0 atom stereocenters. The first-order chi connectivity index (χ1) is 6.46. The number of aliphatic imine (C=N–C) groups is 1. The van der Waals surface area contributed by atoms with Gasteiger partial charge < -0.3 is 0 Å². The molecule has 0 aromatic heterocycles. The number of rotatable bonds is 1. The van der Waals surface area contributed by atoms with Crippen LogP contribution in [0.2, 0.25) is 0 Å². The molecule has 14 heavy (non-hydrogen) atoms. The second-order valence-electron chi connectivity index (χ2n) is 4.36. The molecule has 0 unspecified atom stereocenters. The van der Waals surface area contributed by atoms with E-state index in [0.29, 0.717) is 0 Å². The largest absolute Gasteiger partial charge is 0.257 e. The van der Waals surface area contributed by atoms with Crippen molar-refractivity contribution in [2.24, 2.45) is 10.4 Å². The third-order valence-corrected chi connectivity index (χ3v) is 2.19. The lowest BCUT2D eigenvalue weighted by atomic mass is 9.79. The quantitative estimate of drug-likeness (QED) is 0.594. The molecule has 1 nitrogen and oxygen atoms in total. The van der Waals surface area contributed by atoms with Gasteiger partial charge in [-0.1, -0.05) is 46.1 Å². The summed E-state index contributed by atoms with van der Waals surface area (Å²) in [7, 11) is 0. The zero-order chi connectivity index (χ0) is 10.8. The first kappa shape index (κ1) is 10.7. The maximum atomic E-state index is 4.18. The first-order valence-corrected chi connectivity index (χ1v) is 4.74. The van der Waals surface area contributed by atoms with Gasteiger partial charge in [-0.15, -0.1) is 0 Å². The normalized spacial score (nSPS) is 19.8. The summed E-state index contributed by atoms with van der Waals surface area (Å²) < 4.78 is 0. The summed E-state index contributed by atoms with van der Waals surface area (Å²) in [5.41, 5.74) is 3.26. The van der Waals surface area contributed by atoms with Gasteiger partial charge in [0.1, 0.15) is 0 Å². The Morgan fingerprint density at radius 1 is 1.36 bits per heavy atom. The van der Waals surface area contributed by atoms with Crippen LogP contribution in [-0.2, 0) is 0 Å². The smallest absolute Gasteiger partial charge is 0.0698 e. The van der Waals surface area contributed by atoms with Crippen LogP contribution >= 0.6 is 0 Å². The van der Waals surface area contributed by atoms with E-state index in [4.69, 9.17) is 0 Å². The Kier molecular flexibility index (Phi) is 2.90. The fourth-order valence-electron chi connectivity index (χ4n) is 1.50. The van der Waals surface area contributed by atoms with Crippen LogP contribution in [-0.4, -0.2) is 5.71 Å². The van der Waals surface area contributed by atoms with Crippen molar-refractivity contribution in [2.75, 3.05) is 0 Å². The molecule has 0 saturated carbocycles. The second kappa shape index (κ2) is 3.79. The predicted molar refractivity (Wildman–Crippen MR) is 63.5 cm³/mol. The van der Waals surface area contributed by atoms with Crippen LogP contribution in [0.5, 0.6) is 0 Å². The van der Waals surface area contributed by atoms with Crippen molar-refractivity contribution in [2.45, 2.75) is 20.8 Å². The van der Waals surface area contributed by atoms with Crippen molar-refractivity contribution in [1.82, 2.24) is 0 Å². The Balaban J connectivity index is 3.09. The van der Waals surface area contributed by atoms with Crippen LogP contribution in [0.15, 0.2) is 53.7 Å². The van der Waals surface area contributed by atoms with Crippen LogP contribution in [0.3, 0.4) is 0 Å². The minimum Gasteiger partial charge on any atom is -0.257 e. The molecule has 0 aromatic rings. The lowest BCUT2D eigenvalue weighted by molar-refractivity contribution is 0.514. The van der Waals surface area contributed by atoms with Crippen molar-refractivity contribution in [3.05, 3.63) is 48.7 Å². The van der Waals surface area contributed by atoms with E-state index in [-0.39, 0.29) is 5.41 Å². The molecule has 0 fully saturated rings. The van der Waals surface area contributed by atoms with Crippen molar-refractivity contribution in [3.63, 3.8) is 0 Å². The van der Waals surface area contributed by atoms with Gasteiger partial charge in [0.25, 0.3) is 0 Å². The van der Waals surface area contributed by atoms with Gasteiger partial charge in [0, 0.05) is 6.20 Å². The van der Waals surface area contributed by atoms with Crippen LogP contribution in [0, 0.1) is 5.41 Å². The van der Waals surface area contributed by atoms with Crippen molar-refractivity contribution >= 4 is 5.71 Å². The molecule has 0 radical (unpaired) electrons. The minimum atomic E-state index is 0.115. The molecule has 0 N–H and O–H groups in total. The Hall–Kier alpha value is -1.37. The fraction of sp³-hybridized carbons (Fsp3) is 0.308. The van der Waals surface area contributed by atoms with E-state index in [0.717, 1.165) is 11.3 Å². The molecule has 0 bridgehead atoms. The summed E-state index contributed by atoms with van der Waals surface area (Å²) in [4.78, 5) is 4.18. The second-order valence-corrected chi connectivity index (χ2v) is 4.36. The number of hydrogen-bond acceptors (Lipinski definition) is 1. The van der Waals surface area contributed by atoms with Gasteiger partial charge in [-0.25, -0.2) is 0 Å². The maximum absolute atomic E-state index is 4.18. The van der Waals surface area contributed by atoms with Crippen LogP contribution < -0.4 is 0 Å². The van der Waals surface area contributed by atoms with Gasteiger partial charge in [0.15, 0.2) is 0 Å². The summed E-state index contributed by atoms with van der Waals surface area (Å²) in [6.45, 7) is 14.2. The average molecular weight is 187 g/mol. The Bertz CT molecular complexity index is 346. The maximum Gasteiger partial charge on any atom is 0.0698 e. The Morgan fingerprint density at radius 2 is 2.00 bits per heavy atom. The third-order valence-electron chi connectivity index (χ3n) is 2.19. The van der Waals surface area contributed by atoms with E-state index in [2.05, 4.69) is 45.0 Å². The van der Waals surface area contributed by atoms with Gasteiger partial charge in [-0.3, -0.25) is 4.99 Å². The van der Waals surface area contributed by atoms with E-state index in [1.165, 1.54) is 5.57 Å². The van der Waals surface area contributed by atoms with Gasteiger partial charge in [0.05, 0.1) is 5.71 Å². The highest BCUT2D eigenvalue weighted by Gasteiger charge is 2.22. The van der Waals surface area contributed by atoms with Crippen LogP contribution in [0.1, 0.15) is 20.8 Å². The zero-order valence-electron chi connectivity index (χ0n) is 9.17. The van der Waals surface area contributed by atoms with Crippen molar-refractivity contribution in [3.8, 4) is 0 Å². The van der Waals surface area contributed by atoms with Gasteiger partial charge in [-0.2, -0.15) is 0 Å². The molecule has 1 heteroatoms. The summed E-state index contributed by atoms with van der Waals surface area (Å²) >= 11 is 0. The monoisotopic (exact) mass is 187 g/mol. The van der Waals surface area contributed by atoms with Gasteiger partial charge in [-0.05, 0) is 22.6 Å². The molecule has 0 saturated heterocycles. The van der Waals surface area contributed by atoms with Crippen LogP contribution in [0.4, 0.5) is 0 Å². The lowest BCUT2D eigenvalue weighted by Crippen LogP contribution is -2.17. The summed E-state index contributed by atoms with van der Waals surface area (Å²) in [6, 6.07) is 0. The molecule has 0 spiro atoms. The SMILES string of the molecule is C=C/N=C1/C=CC=C(C(C)(C)C)C1=C. The first-order valence-electron chi connectivity index (χ1n) is 4.74. The topological polar surface area (TPSA) is 12.4 Å². The molecule has 0 aliphatic heterocycles. The van der Waals surface area contributed by atoms with Crippen molar-refractivity contribution in [1.29, 1.82) is 0 Å². The van der Waals surface area contributed by atoms with Crippen molar-refractivity contribution < 1.29 is 0 Å². The number of hydrogen-bond donors (Lipinski definition) is 0. The molecule has 1 rings (SSSR count).